The molecule has 2 amide bonds. The fraction of sp³-hybridized carbons (Fsp3) is 0.417. The summed E-state index contributed by atoms with van der Waals surface area (Å²) in [4.78, 5) is 31.2. The first kappa shape index (κ1) is 19.9. The smallest absolute Gasteiger partial charge is 0.243 e. The van der Waals surface area contributed by atoms with E-state index in [9.17, 15) is 9.59 Å². The number of hydrogen-bond donors (Lipinski definition) is 0. The Bertz CT molecular complexity index is 898. The monoisotopic (exact) mass is 408 g/mol. The van der Waals surface area contributed by atoms with Crippen LogP contribution in [0.5, 0.6) is 0 Å². The Morgan fingerprint density at radius 3 is 2.66 bits per heavy atom. The molecule has 4 rings (SSSR count). The molecule has 2 heterocycles. The lowest BCUT2D eigenvalue weighted by atomic mass is 9.84. The Kier molecular flexibility index (Phi) is 5.86. The lowest BCUT2D eigenvalue weighted by molar-refractivity contribution is -0.145. The first-order valence-electron chi connectivity index (χ1n) is 10.4. The van der Waals surface area contributed by atoms with Gasteiger partial charge in [-0.15, -0.1) is 17.9 Å². The van der Waals surface area contributed by atoms with E-state index in [1.165, 1.54) is 16.0 Å². The molecule has 1 saturated carbocycles. The van der Waals surface area contributed by atoms with Crippen molar-refractivity contribution in [2.45, 2.75) is 38.6 Å². The quantitative estimate of drug-likeness (QED) is 0.667. The summed E-state index contributed by atoms with van der Waals surface area (Å²) in [5, 5.41) is 2.12. The van der Waals surface area contributed by atoms with E-state index in [1.807, 2.05) is 4.90 Å². The molecule has 0 saturated heterocycles. The molecular formula is C24H28N2O2S. The number of hydrogen-bond acceptors (Lipinski definition) is 3. The van der Waals surface area contributed by atoms with Gasteiger partial charge in [0.25, 0.3) is 0 Å². The van der Waals surface area contributed by atoms with Crippen molar-refractivity contribution >= 4 is 23.2 Å². The van der Waals surface area contributed by atoms with Crippen LogP contribution in [0.3, 0.4) is 0 Å². The van der Waals surface area contributed by atoms with E-state index >= 15 is 0 Å². The van der Waals surface area contributed by atoms with Gasteiger partial charge in [0.05, 0.1) is 6.04 Å². The minimum absolute atomic E-state index is 0.0157. The van der Waals surface area contributed by atoms with Crippen molar-refractivity contribution in [3.05, 3.63) is 69.9 Å². The Hall–Kier alpha value is -2.40. The minimum atomic E-state index is -0.0810. The maximum Gasteiger partial charge on any atom is 0.243 e. The van der Waals surface area contributed by atoms with E-state index in [0.29, 0.717) is 13.1 Å². The lowest BCUT2D eigenvalue weighted by Gasteiger charge is -2.38. The van der Waals surface area contributed by atoms with Gasteiger partial charge in [0.2, 0.25) is 11.8 Å². The molecule has 4 nitrogen and oxygen atoms in total. The first-order chi connectivity index (χ1) is 14.1. The standard InChI is InChI=1S/C24H28N2O2S/c1-3-13-25(24(28)19-5-4-6-19)16-22(27)26-14-11-21-20(12-15-29-21)23(26)18-9-7-17(2)8-10-18/h3,7-10,12,15,19,23H,1,4-6,11,13-14,16H2,2H3. The molecule has 0 radical (unpaired) electrons. The van der Waals surface area contributed by atoms with E-state index in [0.717, 1.165) is 31.2 Å². The van der Waals surface area contributed by atoms with Crippen LogP contribution in [0.2, 0.25) is 0 Å². The lowest BCUT2D eigenvalue weighted by Crippen LogP contribution is -2.48. The zero-order valence-electron chi connectivity index (χ0n) is 17.0. The van der Waals surface area contributed by atoms with Gasteiger partial charge >= 0.3 is 0 Å². The van der Waals surface area contributed by atoms with Crippen molar-refractivity contribution in [1.82, 2.24) is 9.80 Å². The summed E-state index contributed by atoms with van der Waals surface area (Å²) in [7, 11) is 0. The van der Waals surface area contributed by atoms with E-state index in [1.54, 1.807) is 22.3 Å². The third-order valence-corrected chi connectivity index (χ3v) is 7.12. The highest BCUT2D eigenvalue weighted by Gasteiger charge is 2.35. The molecule has 0 spiro atoms. The molecule has 1 aliphatic carbocycles. The van der Waals surface area contributed by atoms with Gasteiger partial charge in [-0.2, -0.15) is 0 Å². The fourth-order valence-electron chi connectivity index (χ4n) is 4.25. The van der Waals surface area contributed by atoms with Crippen molar-refractivity contribution in [3.63, 3.8) is 0 Å². The van der Waals surface area contributed by atoms with E-state index < -0.39 is 0 Å². The average Bonchev–Trinajstić information content (AvgIpc) is 3.15. The molecule has 2 aliphatic rings. The Morgan fingerprint density at radius 1 is 1.24 bits per heavy atom. The number of carbonyl (C=O) groups is 2. The molecule has 0 N–H and O–H groups in total. The number of rotatable bonds is 6. The van der Waals surface area contributed by atoms with Crippen molar-refractivity contribution in [2.24, 2.45) is 5.92 Å². The molecule has 5 heteroatoms. The summed E-state index contributed by atoms with van der Waals surface area (Å²) in [6.45, 7) is 7.09. The summed E-state index contributed by atoms with van der Waals surface area (Å²) >= 11 is 1.77. The first-order valence-corrected chi connectivity index (χ1v) is 11.3. The van der Waals surface area contributed by atoms with Crippen molar-refractivity contribution in [3.8, 4) is 0 Å². The zero-order chi connectivity index (χ0) is 20.4. The van der Waals surface area contributed by atoms with Crippen molar-refractivity contribution in [1.29, 1.82) is 0 Å². The third kappa shape index (κ3) is 4.01. The largest absolute Gasteiger partial charge is 0.330 e. The molecule has 29 heavy (non-hydrogen) atoms. The zero-order valence-corrected chi connectivity index (χ0v) is 17.8. The molecule has 1 aliphatic heterocycles. The molecule has 1 unspecified atom stereocenters. The number of amides is 2. The third-order valence-electron chi connectivity index (χ3n) is 6.12. The topological polar surface area (TPSA) is 40.6 Å². The fourth-order valence-corrected chi connectivity index (χ4v) is 5.15. The van der Waals surface area contributed by atoms with Crippen LogP contribution < -0.4 is 0 Å². The van der Waals surface area contributed by atoms with Crippen molar-refractivity contribution < 1.29 is 9.59 Å². The molecular weight excluding hydrogens is 380 g/mol. The summed E-state index contributed by atoms with van der Waals surface area (Å²) in [5.41, 5.74) is 3.55. The summed E-state index contributed by atoms with van der Waals surface area (Å²) < 4.78 is 0. The Labute approximate surface area is 176 Å². The van der Waals surface area contributed by atoms with Crippen LogP contribution in [0.4, 0.5) is 0 Å². The number of thiophene rings is 1. The molecule has 1 aromatic carbocycles. The van der Waals surface area contributed by atoms with Crippen LogP contribution in [0.1, 0.15) is 46.9 Å². The van der Waals surface area contributed by atoms with Crippen LogP contribution in [0.25, 0.3) is 0 Å². The molecule has 152 valence electrons. The normalized spacial score (nSPS) is 18.7. The summed E-state index contributed by atoms with van der Waals surface area (Å²) in [6, 6.07) is 10.5. The van der Waals surface area contributed by atoms with Gasteiger partial charge in [0, 0.05) is 23.9 Å². The SMILES string of the molecule is C=CCN(CC(=O)N1CCc2sccc2C1c1ccc(C)cc1)C(=O)C1CCC1. The predicted octanol–water partition coefficient (Wildman–Crippen LogP) is 4.35. The highest BCUT2D eigenvalue weighted by atomic mass is 32.1. The highest BCUT2D eigenvalue weighted by molar-refractivity contribution is 7.10. The Morgan fingerprint density at radius 2 is 2.00 bits per heavy atom. The van der Waals surface area contributed by atoms with Crippen LogP contribution in [0, 0.1) is 12.8 Å². The molecule has 1 aromatic heterocycles. The highest BCUT2D eigenvalue weighted by Crippen LogP contribution is 2.38. The van der Waals surface area contributed by atoms with Crippen LogP contribution in [0.15, 0.2) is 48.4 Å². The van der Waals surface area contributed by atoms with E-state index in [4.69, 9.17) is 0 Å². The van der Waals surface area contributed by atoms with E-state index in [2.05, 4.69) is 49.2 Å². The second-order valence-corrected chi connectivity index (χ2v) is 9.09. The van der Waals surface area contributed by atoms with Gasteiger partial charge in [0.1, 0.15) is 6.54 Å². The van der Waals surface area contributed by atoms with Gasteiger partial charge in [-0.05, 0) is 48.8 Å². The Balaban J connectivity index is 1.59. The number of nitrogens with zero attached hydrogens (tertiary/aromatic N) is 2. The van der Waals surface area contributed by atoms with Crippen LogP contribution in [-0.2, 0) is 16.0 Å². The van der Waals surface area contributed by atoms with Gasteiger partial charge in [-0.25, -0.2) is 0 Å². The second kappa shape index (κ2) is 8.54. The summed E-state index contributed by atoms with van der Waals surface area (Å²) in [6.07, 6.45) is 5.58. The van der Waals surface area contributed by atoms with E-state index in [-0.39, 0.29) is 30.3 Å². The number of aryl methyl sites for hydroxylation is 1. The average molecular weight is 409 g/mol. The summed E-state index contributed by atoms with van der Waals surface area (Å²) in [5.74, 6) is 0.201. The minimum Gasteiger partial charge on any atom is -0.330 e. The maximum absolute atomic E-state index is 13.4. The predicted molar refractivity (Wildman–Crippen MR) is 117 cm³/mol. The molecule has 0 bridgehead atoms. The second-order valence-electron chi connectivity index (χ2n) is 8.08. The number of benzene rings is 1. The van der Waals surface area contributed by atoms with Crippen molar-refractivity contribution in [2.75, 3.05) is 19.6 Å². The van der Waals surface area contributed by atoms with Crippen LogP contribution in [-0.4, -0.2) is 41.2 Å². The van der Waals surface area contributed by atoms with Gasteiger partial charge in [-0.1, -0.05) is 42.3 Å². The van der Waals surface area contributed by atoms with Crippen LogP contribution >= 0.6 is 11.3 Å². The van der Waals surface area contributed by atoms with Gasteiger partial charge in [0.15, 0.2) is 0 Å². The molecule has 1 atom stereocenters. The molecule has 1 fully saturated rings. The number of carbonyl (C=O) groups excluding carboxylic acids is 2. The van der Waals surface area contributed by atoms with Gasteiger partial charge in [-0.3, -0.25) is 9.59 Å². The number of fused-ring (bicyclic) bond motifs is 1. The van der Waals surface area contributed by atoms with Gasteiger partial charge < -0.3 is 9.80 Å². The maximum atomic E-state index is 13.4. The molecule has 2 aromatic rings.